The molecule has 1 aromatic carbocycles. The average molecular weight is 279 g/mol. The van der Waals surface area contributed by atoms with E-state index in [1.165, 1.54) is 0 Å². The Labute approximate surface area is 121 Å². The molecule has 1 rings (SSSR count). The first kappa shape index (κ1) is 16.3. The molecule has 4 heteroatoms. The number of nitrogens with zero attached hydrogens (tertiary/aromatic N) is 1. The van der Waals surface area contributed by atoms with Gasteiger partial charge in [-0.25, -0.2) is 0 Å². The van der Waals surface area contributed by atoms with Gasteiger partial charge in [0, 0.05) is 13.1 Å². The van der Waals surface area contributed by atoms with Gasteiger partial charge in [0.25, 0.3) is 0 Å². The third-order valence-electron chi connectivity index (χ3n) is 3.18. The SMILES string of the molecule is COc1ccc(C)cc1N(CC(C)C)CC(C)C(=O)O. The molecule has 4 nitrogen and oxygen atoms in total. The molecule has 1 unspecified atom stereocenters. The van der Waals surface area contributed by atoms with Crippen LogP contribution in [-0.2, 0) is 4.79 Å². The summed E-state index contributed by atoms with van der Waals surface area (Å²) < 4.78 is 5.42. The van der Waals surface area contributed by atoms with E-state index in [9.17, 15) is 4.79 Å². The van der Waals surface area contributed by atoms with Gasteiger partial charge in [0.1, 0.15) is 5.75 Å². The molecular formula is C16H25NO3. The number of carboxylic acid groups (broad SMARTS) is 1. The number of rotatable bonds is 7. The minimum Gasteiger partial charge on any atom is -0.495 e. The normalized spacial score (nSPS) is 12.3. The second kappa shape index (κ2) is 7.17. The molecule has 0 amide bonds. The third-order valence-corrected chi connectivity index (χ3v) is 3.18. The Morgan fingerprint density at radius 1 is 1.30 bits per heavy atom. The molecule has 112 valence electrons. The van der Waals surface area contributed by atoms with Crippen molar-refractivity contribution in [2.45, 2.75) is 27.7 Å². The highest BCUT2D eigenvalue weighted by Gasteiger charge is 2.20. The fraction of sp³-hybridized carbons (Fsp3) is 0.562. The highest BCUT2D eigenvalue weighted by atomic mass is 16.5. The van der Waals surface area contributed by atoms with E-state index in [0.29, 0.717) is 12.5 Å². The topological polar surface area (TPSA) is 49.8 Å². The van der Waals surface area contributed by atoms with Crippen molar-refractivity contribution in [2.24, 2.45) is 11.8 Å². The fourth-order valence-electron chi connectivity index (χ4n) is 2.17. The number of carbonyl (C=O) groups is 1. The second-order valence-electron chi connectivity index (χ2n) is 5.71. The van der Waals surface area contributed by atoms with Crippen molar-refractivity contribution in [3.8, 4) is 5.75 Å². The van der Waals surface area contributed by atoms with Crippen LogP contribution in [0, 0.1) is 18.8 Å². The van der Waals surface area contributed by atoms with Gasteiger partial charge in [-0.05, 0) is 30.5 Å². The summed E-state index contributed by atoms with van der Waals surface area (Å²) in [4.78, 5) is 13.2. The van der Waals surface area contributed by atoms with Crippen LogP contribution in [0.5, 0.6) is 5.75 Å². The summed E-state index contributed by atoms with van der Waals surface area (Å²) in [6.45, 7) is 9.29. The van der Waals surface area contributed by atoms with Gasteiger partial charge in [-0.15, -0.1) is 0 Å². The maximum atomic E-state index is 11.1. The lowest BCUT2D eigenvalue weighted by molar-refractivity contribution is -0.140. The molecule has 1 aromatic rings. The Morgan fingerprint density at radius 3 is 2.45 bits per heavy atom. The Bertz CT molecular complexity index is 457. The molecular weight excluding hydrogens is 254 g/mol. The highest BCUT2D eigenvalue weighted by Crippen LogP contribution is 2.30. The van der Waals surface area contributed by atoms with E-state index < -0.39 is 11.9 Å². The molecule has 0 fully saturated rings. The molecule has 0 saturated heterocycles. The standard InChI is InChI=1S/C16H25NO3/c1-11(2)9-17(10-13(4)16(18)19)14-8-12(3)6-7-15(14)20-5/h6-8,11,13H,9-10H2,1-5H3,(H,18,19). The smallest absolute Gasteiger partial charge is 0.308 e. The summed E-state index contributed by atoms with van der Waals surface area (Å²) in [6.07, 6.45) is 0. The number of carboxylic acids is 1. The van der Waals surface area contributed by atoms with E-state index in [-0.39, 0.29) is 0 Å². The van der Waals surface area contributed by atoms with Crippen LogP contribution in [0.4, 0.5) is 5.69 Å². The predicted octanol–water partition coefficient (Wildman–Crippen LogP) is 3.19. The first-order chi connectivity index (χ1) is 9.35. The van der Waals surface area contributed by atoms with Crippen LogP contribution in [0.25, 0.3) is 0 Å². The summed E-state index contributed by atoms with van der Waals surface area (Å²) >= 11 is 0. The summed E-state index contributed by atoms with van der Waals surface area (Å²) in [5.41, 5.74) is 2.10. The Morgan fingerprint density at radius 2 is 1.95 bits per heavy atom. The van der Waals surface area contributed by atoms with Gasteiger partial charge in [-0.3, -0.25) is 4.79 Å². The minimum absolute atomic E-state index is 0.418. The van der Waals surface area contributed by atoms with Gasteiger partial charge in [0.2, 0.25) is 0 Å². The number of hydrogen-bond acceptors (Lipinski definition) is 3. The van der Waals surface area contributed by atoms with Crippen LogP contribution in [-0.4, -0.2) is 31.3 Å². The lowest BCUT2D eigenvalue weighted by Gasteiger charge is -2.30. The number of aryl methyl sites for hydroxylation is 1. The summed E-state index contributed by atoms with van der Waals surface area (Å²) in [6, 6.07) is 5.98. The van der Waals surface area contributed by atoms with Gasteiger partial charge >= 0.3 is 5.97 Å². The summed E-state index contributed by atoms with van der Waals surface area (Å²) in [5.74, 6) is 0.0411. The Hall–Kier alpha value is -1.71. The van der Waals surface area contributed by atoms with Crippen LogP contribution in [0.1, 0.15) is 26.3 Å². The number of methoxy groups -OCH3 is 1. The zero-order chi connectivity index (χ0) is 15.3. The van der Waals surface area contributed by atoms with Gasteiger partial charge in [-0.2, -0.15) is 0 Å². The zero-order valence-electron chi connectivity index (χ0n) is 13.0. The van der Waals surface area contributed by atoms with E-state index in [1.807, 2.05) is 19.1 Å². The van der Waals surface area contributed by atoms with Crippen molar-refractivity contribution in [3.05, 3.63) is 23.8 Å². The van der Waals surface area contributed by atoms with Crippen LogP contribution in [0.3, 0.4) is 0 Å². The second-order valence-corrected chi connectivity index (χ2v) is 5.71. The molecule has 0 saturated carbocycles. The number of hydrogen-bond donors (Lipinski definition) is 1. The molecule has 0 aliphatic heterocycles. The van der Waals surface area contributed by atoms with E-state index >= 15 is 0 Å². The number of ether oxygens (including phenoxy) is 1. The van der Waals surface area contributed by atoms with Crippen LogP contribution in [0.15, 0.2) is 18.2 Å². The lowest BCUT2D eigenvalue weighted by atomic mass is 10.1. The van der Waals surface area contributed by atoms with Crippen molar-refractivity contribution >= 4 is 11.7 Å². The molecule has 1 N–H and O–H groups in total. The number of aliphatic carboxylic acids is 1. The quantitative estimate of drug-likeness (QED) is 0.832. The third kappa shape index (κ3) is 4.44. The van der Waals surface area contributed by atoms with Gasteiger partial charge in [0.15, 0.2) is 0 Å². The molecule has 0 radical (unpaired) electrons. The van der Waals surface area contributed by atoms with Gasteiger partial charge in [0.05, 0.1) is 18.7 Å². The van der Waals surface area contributed by atoms with E-state index in [2.05, 4.69) is 24.8 Å². The minimum atomic E-state index is -0.773. The Kier molecular flexibility index (Phi) is 5.86. The summed E-state index contributed by atoms with van der Waals surface area (Å²) in [5, 5.41) is 9.14. The number of anilines is 1. The predicted molar refractivity (Wildman–Crippen MR) is 81.6 cm³/mol. The van der Waals surface area contributed by atoms with Crippen molar-refractivity contribution < 1.29 is 14.6 Å². The number of benzene rings is 1. The molecule has 1 atom stereocenters. The van der Waals surface area contributed by atoms with E-state index in [0.717, 1.165) is 23.5 Å². The molecule has 0 aliphatic carbocycles. The van der Waals surface area contributed by atoms with Crippen LogP contribution < -0.4 is 9.64 Å². The molecule has 0 aliphatic rings. The van der Waals surface area contributed by atoms with E-state index in [1.54, 1.807) is 14.0 Å². The molecule has 0 aromatic heterocycles. The molecule has 0 spiro atoms. The van der Waals surface area contributed by atoms with Crippen molar-refractivity contribution in [2.75, 3.05) is 25.1 Å². The van der Waals surface area contributed by atoms with Gasteiger partial charge in [-0.1, -0.05) is 26.8 Å². The van der Waals surface area contributed by atoms with Crippen LogP contribution >= 0.6 is 0 Å². The zero-order valence-corrected chi connectivity index (χ0v) is 13.0. The van der Waals surface area contributed by atoms with Crippen molar-refractivity contribution in [3.63, 3.8) is 0 Å². The average Bonchev–Trinajstić information content (AvgIpc) is 2.37. The molecule has 0 heterocycles. The molecule has 20 heavy (non-hydrogen) atoms. The fourth-order valence-corrected chi connectivity index (χ4v) is 2.17. The first-order valence-electron chi connectivity index (χ1n) is 6.97. The Balaban J connectivity index is 3.09. The summed E-state index contributed by atoms with van der Waals surface area (Å²) in [7, 11) is 1.64. The molecule has 0 bridgehead atoms. The first-order valence-corrected chi connectivity index (χ1v) is 6.97. The maximum absolute atomic E-state index is 11.1. The highest BCUT2D eigenvalue weighted by molar-refractivity contribution is 5.71. The monoisotopic (exact) mass is 279 g/mol. The lowest BCUT2D eigenvalue weighted by Crippen LogP contribution is -2.34. The largest absolute Gasteiger partial charge is 0.495 e. The van der Waals surface area contributed by atoms with Crippen LogP contribution in [0.2, 0.25) is 0 Å². The van der Waals surface area contributed by atoms with Gasteiger partial charge < -0.3 is 14.7 Å². The van der Waals surface area contributed by atoms with E-state index in [4.69, 9.17) is 9.84 Å². The van der Waals surface area contributed by atoms with Crippen molar-refractivity contribution in [1.29, 1.82) is 0 Å². The van der Waals surface area contributed by atoms with Crippen molar-refractivity contribution in [1.82, 2.24) is 0 Å². The maximum Gasteiger partial charge on any atom is 0.308 e.